The fourth-order valence-corrected chi connectivity index (χ4v) is 4.08. The molecule has 1 unspecified atom stereocenters. The third-order valence-electron chi connectivity index (χ3n) is 4.01. The highest BCUT2D eigenvalue weighted by Gasteiger charge is 2.47. The Morgan fingerprint density at radius 1 is 1.59 bits per heavy atom. The lowest BCUT2D eigenvalue weighted by Crippen LogP contribution is -2.48. The Morgan fingerprint density at radius 2 is 2.41 bits per heavy atom. The molecule has 1 saturated heterocycles. The first kappa shape index (κ1) is 15.1. The van der Waals surface area contributed by atoms with E-state index in [-0.39, 0.29) is 16.9 Å². The van der Waals surface area contributed by atoms with Gasteiger partial charge in [0, 0.05) is 35.9 Å². The van der Waals surface area contributed by atoms with Crippen molar-refractivity contribution in [2.24, 2.45) is 10.9 Å². The largest absolute Gasteiger partial charge is 0.465 e. The van der Waals surface area contributed by atoms with Gasteiger partial charge in [0.2, 0.25) is 0 Å². The number of benzene rings is 1. The molecular weight excluding hydrogens is 309 g/mol. The van der Waals surface area contributed by atoms with E-state index in [9.17, 15) is 9.18 Å². The van der Waals surface area contributed by atoms with Crippen LogP contribution < -0.4 is 11.1 Å². The summed E-state index contributed by atoms with van der Waals surface area (Å²) in [5.74, 6) is 0.196. The zero-order valence-electron chi connectivity index (χ0n) is 11.7. The number of thioether (sulfide) groups is 1. The van der Waals surface area contributed by atoms with Crippen molar-refractivity contribution in [3.63, 3.8) is 0 Å². The highest BCUT2D eigenvalue weighted by molar-refractivity contribution is 8.13. The quantitative estimate of drug-likeness (QED) is 0.686. The average molecular weight is 325 g/mol. The predicted molar refractivity (Wildman–Crippen MR) is 82.5 cm³/mol. The normalized spacial score (nSPS) is 27.7. The molecule has 1 aromatic rings. The lowest BCUT2D eigenvalue weighted by Gasteiger charge is -2.44. The Hall–Kier alpha value is -1.80. The molecular formula is C14H16FN3O3S. The van der Waals surface area contributed by atoms with Gasteiger partial charge in [-0.2, -0.15) is 0 Å². The molecule has 0 bridgehead atoms. The van der Waals surface area contributed by atoms with Crippen molar-refractivity contribution in [3.05, 3.63) is 29.6 Å². The number of amidine groups is 1. The minimum atomic E-state index is -1.18. The number of nitrogen functional groups attached to an aromatic ring is 1. The summed E-state index contributed by atoms with van der Waals surface area (Å²) in [7, 11) is 0. The smallest absolute Gasteiger partial charge is 0.410 e. The second kappa shape index (κ2) is 5.77. The monoisotopic (exact) mass is 325 g/mol. The first-order valence-electron chi connectivity index (χ1n) is 6.87. The first-order valence-corrected chi connectivity index (χ1v) is 7.86. The Morgan fingerprint density at radius 3 is 3.18 bits per heavy atom. The number of nitrogens with one attached hydrogen (secondary N) is 1. The number of halogens is 1. The van der Waals surface area contributed by atoms with Gasteiger partial charge in [0.05, 0.1) is 12.1 Å². The molecule has 2 aliphatic rings. The van der Waals surface area contributed by atoms with Gasteiger partial charge in [-0.05, 0) is 18.2 Å². The molecule has 1 fully saturated rings. The highest BCUT2D eigenvalue weighted by Crippen LogP contribution is 2.46. The number of fused-ring (bicyclic) bond motifs is 1. The molecule has 3 rings (SSSR count). The number of carbonyl (C=O) groups is 1. The third kappa shape index (κ3) is 2.64. The molecule has 6 nitrogen and oxygen atoms in total. The minimum Gasteiger partial charge on any atom is -0.465 e. The summed E-state index contributed by atoms with van der Waals surface area (Å²) in [6.45, 7) is 0.907. The number of amides is 1. The standard InChI is InChI=1S/C14H16FN3O3S/c15-11-2-1-9(16)5-10(11)14-3-4-21-6-8(14)7-22-12(18-14)17-13(19)20/h1-2,5,8H,3-4,6-7,16H2,(H,17,18)(H,19,20)/t8?,14-/m0/s1. The molecule has 0 spiro atoms. The molecule has 0 saturated carbocycles. The molecule has 0 radical (unpaired) electrons. The molecule has 8 heteroatoms. The molecule has 0 aromatic heterocycles. The summed E-state index contributed by atoms with van der Waals surface area (Å²) in [5, 5.41) is 11.5. The Balaban J connectivity index is 2.10. The van der Waals surface area contributed by atoms with Crippen LogP contribution in [0.5, 0.6) is 0 Å². The van der Waals surface area contributed by atoms with Crippen molar-refractivity contribution in [3.8, 4) is 0 Å². The number of hydrogen-bond acceptors (Lipinski definition) is 5. The van der Waals surface area contributed by atoms with Gasteiger partial charge >= 0.3 is 6.09 Å². The maximum absolute atomic E-state index is 14.4. The topological polar surface area (TPSA) is 96.9 Å². The van der Waals surface area contributed by atoms with E-state index in [1.165, 1.54) is 23.9 Å². The van der Waals surface area contributed by atoms with E-state index >= 15 is 0 Å². The summed E-state index contributed by atoms with van der Waals surface area (Å²) in [4.78, 5) is 15.4. The number of ether oxygens (including phenoxy) is 1. The van der Waals surface area contributed by atoms with Crippen LogP contribution in [0.15, 0.2) is 23.2 Å². The van der Waals surface area contributed by atoms with E-state index in [1.54, 1.807) is 6.07 Å². The SMILES string of the molecule is Nc1ccc(F)c([C@]23CCOCC2CSC(NC(=O)O)=N3)c1. The second-order valence-electron chi connectivity index (χ2n) is 5.34. The number of rotatable bonds is 1. The van der Waals surface area contributed by atoms with E-state index in [2.05, 4.69) is 10.3 Å². The van der Waals surface area contributed by atoms with Crippen LogP contribution in [0, 0.1) is 11.7 Å². The van der Waals surface area contributed by atoms with Crippen LogP contribution in [0.3, 0.4) is 0 Å². The maximum Gasteiger partial charge on any atom is 0.410 e. The van der Waals surface area contributed by atoms with Gasteiger partial charge in [-0.25, -0.2) is 9.18 Å². The summed E-state index contributed by atoms with van der Waals surface area (Å²) >= 11 is 1.30. The lowest BCUT2D eigenvalue weighted by atomic mass is 9.75. The van der Waals surface area contributed by atoms with Crippen molar-refractivity contribution in [1.29, 1.82) is 0 Å². The fourth-order valence-electron chi connectivity index (χ4n) is 2.97. The molecule has 22 heavy (non-hydrogen) atoms. The van der Waals surface area contributed by atoms with Crippen molar-refractivity contribution in [2.45, 2.75) is 12.0 Å². The van der Waals surface area contributed by atoms with E-state index < -0.39 is 11.6 Å². The summed E-state index contributed by atoms with van der Waals surface area (Å²) in [5.41, 5.74) is 5.84. The van der Waals surface area contributed by atoms with Crippen LogP contribution in [-0.4, -0.2) is 35.3 Å². The Kier molecular flexibility index (Phi) is 3.96. The van der Waals surface area contributed by atoms with Crippen LogP contribution >= 0.6 is 11.8 Å². The number of carboxylic acid groups (broad SMARTS) is 1. The third-order valence-corrected chi connectivity index (χ3v) is 5.05. The molecule has 2 atom stereocenters. The summed E-state index contributed by atoms with van der Waals surface area (Å²) in [6.07, 6.45) is -0.691. The molecule has 1 amide bonds. The van der Waals surface area contributed by atoms with Gasteiger partial charge < -0.3 is 15.6 Å². The van der Waals surface area contributed by atoms with Gasteiger partial charge in [-0.1, -0.05) is 11.8 Å². The first-order chi connectivity index (χ1) is 10.5. The van der Waals surface area contributed by atoms with Gasteiger partial charge in [-0.15, -0.1) is 0 Å². The van der Waals surface area contributed by atoms with E-state index in [0.717, 1.165) is 0 Å². The Bertz CT molecular complexity index is 640. The van der Waals surface area contributed by atoms with Gasteiger partial charge in [0.25, 0.3) is 0 Å². The molecule has 2 aliphatic heterocycles. The fraction of sp³-hybridized carbons (Fsp3) is 0.429. The van der Waals surface area contributed by atoms with E-state index in [0.29, 0.717) is 36.6 Å². The predicted octanol–water partition coefficient (Wildman–Crippen LogP) is 2.01. The lowest BCUT2D eigenvalue weighted by molar-refractivity contribution is 0.00878. The van der Waals surface area contributed by atoms with E-state index in [4.69, 9.17) is 15.6 Å². The Labute approximate surface area is 130 Å². The van der Waals surface area contributed by atoms with Crippen LogP contribution in [0.25, 0.3) is 0 Å². The van der Waals surface area contributed by atoms with Gasteiger partial charge in [0.15, 0.2) is 5.17 Å². The number of hydrogen-bond donors (Lipinski definition) is 3. The number of nitrogens with two attached hydrogens (primary N) is 1. The van der Waals surface area contributed by atoms with Crippen molar-refractivity contribution < 1.29 is 19.0 Å². The molecule has 2 heterocycles. The molecule has 0 aliphatic carbocycles. The molecule has 4 N–H and O–H groups in total. The van der Waals surface area contributed by atoms with Crippen molar-refractivity contribution >= 4 is 28.7 Å². The number of aliphatic imine (C=N–C) groups is 1. The van der Waals surface area contributed by atoms with E-state index in [1.807, 2.05) is 0 Å². The zero-order chi connectivity index (χ0) is 15.7. The number of anilines is 1. The van der Waals surface area contributed by atoms with Crippen molar-refractivity contribution in [1.82, 2.24) is 5.32 Å². The number of nitrogens with zero attached hydrogens (tertiary/aromatic N) is 1. The van der Waals surface area contributed by atoms with Crippen LogP contribution in [0.4, 0.5) is 14.9 Å². The maximum atomic E-state index is 14.4. The van der Waals surface area contributed by atoms with Gasteiger partial charge in [0.1, 0.15) is 5.82 Å². The van der Waals surface area contributed by atoms with Crippen molar-refractivity contribution in [2.75, 3.05) is 24.7 Å². The molecule has 118 valence electrons. The van der Waals surface area contributed by atoms with Crippen LogP contribution in [0.1, 0.15) is 12.0 Å². The second-order valence-corrected chi connectivity index (χ2v) is 6.35. The average Bonchev–Trinajstić information content (AvgIpc) is 2.48. The van der Waals surface area contributed by atoms with Gasteiger partial charge in [-0.3, -0.25) is 10.3 Å². The van der Waals surface area contributed by atoms with Crippen LogP contribution in [0.2, 0.25) is 0 Å². The van der Waals surface area contributed by atoms with Crippen LogP contribution in [-0.2, 0) is 10.3 Å². The highest BCUT2D eigenvalue weighted by atomic mass is 32.2. The summed E-state index contributed by atoms with van der Waals surface area (Å²) in [6, 6.07) is 4.42. The summed E-state index contributed by atoms with van der Waals surface area (Å²) < 4.78 is 19.9. The minimum absolute atomic E-state index is 0.0260. The zero-order valence-corrected chi connectivity index (χ0v) is 12.5. The molecule has 1 aromatic carbocycles.